The Kier molecular flexibility index (Phi) is 306. The maximum Gasteiger partial charge on any atom is 0.466 e. The predicted molar refractivity (Wildman–Crippen MR) is 46.7 cm³/mol. The minimum atomic E-state index is -4.64. The van der Waals surface area contributed by atoms with Crippen molar-refractivity contribution in [3.63, 3.8) is 0 Å². The van der Waals surface area contributed by atoms with E-state index in [4.69, 9.17) is 19.2 Å². The molecular formula is H18MgNO10P. The molecule has 0 bridgehead atoms. The van der Waals surface area contributed by atoms with Crippen molar-refractivity contribution in [1.82, 2.24) is 6.15 Å². The molecule has 0 aliphatic heterocycles. The Balaban J connectivity index is -0.00000000286. The Bertz CT molecular complexity index is 61.1. The van der Waals surface area contributed by atoms with E-state index in [1.165, 1.54) is 0 Å². The van der Waals surface area contributed by atoms with E-state index >= 15 is 0 Å². The smallest absolute Gasteiger partial charge is 0.412 e. The van der Waals surface area contributed by atoms with Crippen LogP contribution >= 0.6 is 7.82 Å². The zero-order valence-electron chi connectivity index (χ0n) is 6.61. The third kappa shape index (κ3) is 3980. The summed E-state index contributed by atoms with van der Waals surface area (Å²) in [5.41, 5.74) is 0. The monoisotopic (exact) mass is 247 g/mol. The van der Waals surface area contributed by atoms with Crippen molar-refractivity contribution in [3.05, 3.63) is 0 Å². The molecule has 0 amide bonds. The van der Waals surface area contributed by atoms with Gasteiger partial charge in [0.1, 0.15) is 0 Å². The fourth-order valence-corrected chi connectivity index (χ4v) is 0. The molecule has 0 atom stereocenters. The second kappa shape index (κ2) is 38.9. The van der Waals surface area contributed by atoms with Gasteiger partial charge in [0.25, 0.3) is 0 Å². The van der Waals surface area contributed by atoms with Gasteiger partial charge in [-0.25, -0.2) is 4.57 Å². The maximum absolute atomic E-state index is 8.88. The van der Waals surface area contributed by atoms with E-state index in [0.29, 0.717) is 0 Å². The third-order valence-corrected chi connectivity index (χ3v) is 0. The van der Waals surface area contributed by atoms with Gasteiger partial charge < -0.3 is 53.7 Å². The lowest BCUT2D eigenvalue weighted by Crippen LogP contribution is -1.66. The summed E-state index contributed by atoms with van der Waals surface area (Å²) in [6.45, 7) is 0. The summed E-state index contributed by atoms with van der Waals surface area (Å²) in [6, 6.07) is 0. The topological polar surface area (TPSA) is 302 Å². The van der Waals surface area contributed by atoms with Crippen LogP contribution in [0.1, 0.15) is 0 Å². The van der Waals surface area contributed by atoms with E-state index in [0.717, 1.165) is 0 Å². The summed E-state index contributed by atoms with van der Waals surface area (Å²) in [6.07, 6.45) is 0. The van der Waals surface area contributed by atoms with Gasteiger partial charge in [-0.3, -0.25) is 0 Å². The first-order valence-corrected chi connectivity index (χ1v) is 2.35. The molecule has 18 N–H and O–H groups in total. The van der Waals surface area contributed by atoms with Crippen LogP contribution in [0.2, 0.25) is 0 Å². The van der Waals surface area contributed by atoms with Crippen LogP contribution in [0, 0.1) is 0 Å². The van der Waals surface area contributed by atoms with E-state index < -0.39 is 7.82 Å². The first-order chi connectivity index (χ1) is 2.00. The zero-order chi connectivity index (χ0) is 4.50. The van der Waals surface area contributed by atoms with Gasteiger partial charge in [-0.1, -0.05) is 0 Å². The Morgan fingerprint density at radius 3 is 0.692 bits per heavy atom. The van der Waals surface area contributed by atoms with Gasteiger partial charge in [0.2, 0.25) is 0 Å². The highest BCUT2D eigenvalue weighted by atomic mass is 31.2. The van der Waals surface area contributed by atoms with Crippen molar-refractivity contribution in [2.24, 2.45) is 0 Å². The first-order valence-electron chi connectivity index (χ1n) is 0.783. The van der Waals surface area contributed by atoms with Crippen LogP contribution in [-0.2, 0) is 4.57 Å². The van der Waals surface area contributed by atoms with Gasteiger partial charge in [0.15, 0.2) is 0 Å². The molecule has 90 valence electrons. The molecule has 0 saturated heterocycles. The number of hydrogen-bond donors (Lipinski definition) is 4. The van der Waals surface area contributed by atoms with Crippen LogP contribution in [0.3, 0.4) is 0 Å². The van der Waals surface area contributed by atoms with E-state index in [9.17, 15) is 0 Å². The largest absolute Gasteiger partial charge is 0.466 e. The van der Waals surface area contributed by atoms with Crippen molar-refractivity contribution in [1.29, 1.82) is 0 Å². The quantitative estimate of drug-likeness (QED) is 0.239. The summed E-state index contributed by atoms with van der Waals surface area (Å²) in [7, 11) is -4.64. The third-order valence-electron chi connectivity index (χ3n) is 0. The molecule has 0 rings (SSSR count). The molecule has 0 fully saturated rings. The lowest BCUT2D eigenvalue weighted by molar-refractivity contribution is 0.275. The summed E-state index contributed by atoms with van der Waals surface area (Å²) >= 11 is 0. The SMILES string of the molecule is N.O.O.O.O.O.O.O=P(O)(O)O.[Mg]. The number of rotatable bonds is 0. The highest BCUT2D eigenvalue weighted by molar-refractivity contribution is 7.45. The predicted octanol–water partition coefficient (Wildman–Crippen LogP) is -6.10. The van der Waals surface area contributed by atoms with Gasteiger partial charge in [-0.05, 0) is 0 Å². The summed E-state index contributed by atoms with van der Waals surface area (Å²) < 4.78 is 8.88. The van der Waals surface area contributed by atoms with Gasteiger partial charge in [-0.15, -0.1) is 0 Å². The molecule has 0 aromatic heterocycles. The summed E-state index contributed by atoms with van der Waals surface area (Å²) in [5.74, 6) is 0. The van der Waals surface area contributed by atoms with Gasteiger partial charge in [0, 0.05) is 23.1 Å². The fraction of sp³-hybridized carbons (Fsp3) is 0. The Labute approximate surface area is 89.6 Å². The average molecular weight is 247 g/mol. The van der Waals surface area contributed by atoms with Gasteiger partial charge in [-0.2, -0.15) is 0 Å². The maximum atomic E-state index is 8.88. The Hall–Kier alpha value is 0.596. The minimum Gasteiger partial charge on any atom is -0.412 e. The molecule has 0 heterocycles. The molecule has 2 radical (unpaired) electrons. The minimum absolute atomic E-state index is 0. The zero-order valence-corrected chi connectivity index (χ0v) is 8.92. The lowest BCUT2D eigenvalue weighted by atomic mass is 14.0. The van der Waals surface area contributed by atoms with Gasteiger partial charge >= 0.3 is 7.82 Å². The number of phosphoric acid groups is 1. The van der Waals surface area contributed by atoms with Crippen molar-refractivity contribution in [2.75, 3.05) is 0 Å². The van der Waals surface area contributed by atoms with Crippen molar-refractivity contribution in [3.8, 4) is 0 Å². The lowest BCUT2D eigenvalue weighted by Gasteiger charge is -1.82. The highest BCUT2D eigenvalue weighted by Crippen LogP contribution is 2.25. The van der Waals surface area contributed by atoms with E-state index in [1.807, 2.05) is 0 Å². The standard InChI is InChI=1S/Mg.H3N.H3O4P.6H2O/c;;1-5(2,3)4;;;;;;/h;1H3;(H3,1,2,3,4);6*1H2. The first kappa shape index (κ1) is 102. The normalized spacial score (nSPS) is 4.54. The Morgan fingerprint density at radius 2 is 0.692 bits per heavy atom. The summed E-state index contributed by atoms with van der Waals surface area (Å²) in [4.78, 5) is 21.6. The second-order valence-electron chi connectivity index (χ2n) is 0.513. The molecule has 0 aliphatic carbocycles. The van der Waals surface area contributed by atoms with Crippen molar-refractivity contribution >= 4 is 30.9 Å². The molecule has 0 spiro atoms. The molecule has 13 heavy (non-hydrogen) atoms. The van der Waals surface area contributed by atoms with Crippen LogP contribution in [0.4, 0.5) is 0 Å². The van der Waals surface area contributed by atoms with E-state index in [1.54, 1.807) is 0 Å². The van der Waals surface area contributed by atoms with Crippen molar-refractivity contribution < 1.29 is 52.1 Å². The van der Waals surface area contributed by atoms with Crippen LogP contribution < -0.4 is 6.15 Å². The van der Waals surface area contributed by atoms with Crippen LogP contribution in [-0.4, -0.2) is 70.6 Å². The van der Waals surface area contributed by atoms with Crippen molar-refractivity contribution in [2.45, 2.75) is 0 Å². The van der Waals surface area contributed by atoms with E-state index in [-0.39, 0.29) is 62.1 Å². The molecule has 0 aromatic carbocycles. The molecule has 0 unspecified atom stereocenters. The molecule has 0 aliphatic rings. The molecule has 11 nitrogen and oxygen atoms in total. The summed E-state index contributed by atoms with van der Waals surface area (Å²) in [5, 5.41) is 0. The van der Waals surface area contributed by atoms with Gasteiger partial charge in [0.05, 0.1) is 0 Å². The van der Waals surface area contributed by atoms with Crippen LogP contribution in [0.5, 0.6) is 0 Å². The molecule has 0 saturated carbocycles. The Morgan fingerprint density at radius 1 is 0.692 bits per heavy atom. The van der Waals surface area contributed by atoms with Crippen LogP contribution in [0.15, 0.2) is 0 Å². The fourth-order valence-electron chi connectivity index (χ4n) is 0. The average Bonchev–Trinajstić information content (AvgIpc) is 0.722. The second-order valence-corrected chi connectivity index (χ2v) is 1.54. The molecular weight excluding hydrogens is 229 g/mol. The highest BCUT2D eigenvalue weighted by Gasteiger charge is 2.00. The number of hydrogen-bond acceptors (Lipinski definition) is 2. The molecule has 13 heteroatoms. The van der Waals surface area contributed by atoms with E-state index in [2.05, 4.69) is 0 Å². The molecule has 0 aromatic rings. The van der Waals surface area contributed by atoms with Crippen LogP contribution in [0.25, 0.3) is 0 Å².